The molecule has 1 rings (SSSR count). The Morgan fingerprint density at radius 1 is 1.50 bits per heavy atom. The zero-order chi connectivity index (χ0) is 10.6. The maximum absolute atomic E-state index is 11.6. The molecule has 2 unspecified atom stereocenters. The van der Waals surface area contributed by atoms with Crippen LogP contribution in [0.5, 0.6) is 0 Å². The zero-order valence-electron chi connectivity index (χ0n) is 9.55. The fourth-order valence-corrected chi connectivity index (χ4v) is 1.99. The quantitative estimate of drug-likeness (QED) is 0.725. The second-order valence-corrected chi connectivity index (χ2v) is 4.43. The standard InChI is InChI=1S/C11H22N2O/c1-4-13(3)11(14)12-10-7-5-6-9(2)8-10/h9-10H,4-8H2,1-3H3,(H,12,14). The molecule has 82 valence electrons. The molecule has 0 aromatic heterocycles. The van der Waals surface area contributed by atoms with Gasteiger partial charge in [-0.1, -0.05) is 19.8 Å². The van der Waals surface area contributed by atoms with Crippen molar-refractivity contribution in [1.82, 2.24) is 10.2 Å². The van der Waals surface area contributed by atoms with Crippen LogP contribution in [0, 0.1) is 5.92 Å². The van der Waals surface area contributed by atoms with E-state index in [9.17, 15) is 4.79 Å². The summed E-state index contributed by atoms with van der Waals surface area (Å²) in [5.74, 6) is 0.765. The van der Waals surface area contributed by atoms with Gasteiger partial charge in [-0.15, -0.1) is 0 Å². The molecular formula is C11H22N2O. The summed E-state index contributed by atoms with van der Waals surface area (Å²) in [6.07, 6.45) is 4.86. The minimum atomic E-state index is 0.0756. The fraction of sp³-hybridized carbons (Fsp3) is 0.909. The van der Waals surface area contributed by atoms with Crippen molar-refractivity contribution in [3.63, 3.8) is 0 Å². The normalized spacial score (nSPS) is 27.1. The van der Waals surface area contributed by atoms with E-state index in [1.807, 2.05) is 14.0 Å². The molecule has 3 heteroatoms. The van der Waals surface area contributed by atoms with Crippen LogP contribution in [0.3, 0.4) is 0 Å². The summed E-state index contributed by atoms with van der Waals surface area (Å²) in [7, 11) is 1.83. The molecule has 0 spiro atoms. The van der Waals surface area contributed by atoms with Crippen molar-refractivity contribution in [2.45, 2.75) is 45.6 Å². The number of rotatable bonds is 2. The molecule has 1 fully saturated rings. The Hall–Kier alpha value is -0.730. The lowest BCUT2D eigenvalue weighted by Crippen LogP contribution is -2.44. The van der Waals surface area contributed by atoms with Crippen LogP contribution in [-0.2, 0) is 0 Å². The Morgan fingerprint density at radius 3 is 2.79 bits per heavy atom. The molecule has 2 atom stereocenters. The predicted octanol–water partition coefficient (Wildman–Crippen LogP) is 2.23. The topological polar surface area (TPSA) is 32.3 Å². The van der Waals surface area contributed by atoms with Crippen LogP contribution in [0.2, 0.25) is 0 Å². The largest absolute Gasteiger partial charge is 0.335 e. The molecule has 0 bridgehead atoms. The highest BCUT2D eigenvalue weighted by atomic mass is 16.2. The van der Waals surface area contributed by atoms with E-state index in [-0.39, 0.29) is 6.03 Å². The Morgan fingerprint density at radius 2 is 2.21 bits per heavy atom. The first-order valence-corrected chi connectivity index (χ1v) is 5.65. The molecule has 0 aromatic carbocycles. The van der Waals surface area contributed by atoms with E-state index in [0.717, 1.165) is 25.3 Å². The van der Waals surface area contributed by atoms with Crippen LogP contribution in [-0.4, -0.2) is 30.6 Å². The molecule has 0 saturated heterocycles. The first-order chi connectivity index (χ1) is 6.63. The number of amides is 2. The third-order valence-electron chi connectivity index (χ3n) is 3.09. The third kappa shape index (κ3) is 3.20. The zero-order valence-corrected chi connectivity index (χ0v) is 9.55. The van der Waals surface area contributed by atoms with E-state index in [2.05, 4.69) is 12.2 Å². The Labute approximate surface area is 86.9 Å². The number of carbonyl (C=O) groups excluding carboxylic acids is 1. The third-order valence-corrected chi connectivity index (χ3v) is 3.09. The van der Waals surface area contributed by atoms with Crippen LogP contribution in [0.25, 0.3) is 0 Å². The first-order valence-electron chi connectivity index (χ1n) is 5.65. The summed E-state index contributed by atoms with van der Waals surface area (Å²) >= 11 is 0. The van der Waals surface area contributed by atoms with Gasteiger partial charge in [-0.2, -0.15) is 0 Å². The number of nitrogens with one attached hydrogen (secondary N) is 1. The van der Waals surface area contributed by atoms with E-state index in [1.54, 1.807) is 4.90 Å². The van der Waals surface area contributed by atoms with Gasteiger partial charge in [-0.25, -0.2) is 4.79 Å². The molecule has 1 N–H and O–H groups in total. The average molecular weight is 198 g/mol. The molecule has 1 saturated carbocycles. The van der Waals surface area contributed by atoms with Gasteiger partial charge in [0.2, 0.25) is 0 Å². The van der Waals surface area contributed by atoms with Gasteiger partial charge in [-0.3, -0.25) is 0 Å². The molecule has 0 aliphatic heterocycles. The lowest BCUT2D eigenvalue weighted by atomic mass is 9.87. The SMILES string of the molecule is CCN(C)C(=O)NC1CCCC(C)C1. The maximum Gasteiger partial charge on any atom is 0.317 e. The average Bonchev–Trinajstić information content (AvgIpc) is 2.16. The first kappa shape index (κ1) is 11.3. The molecular weight excluding hydrogens is 176 g/mol. The van der Waals surface area contributed by atoms with Gasteiger partial charge in [0, 0.05) is 19.6 Å². The second kappa shape index (κ2) is 5.23. The highest BCUT2D eigenvalue weighted by Gasteiger charge is 2.21. The van der Waals surface area contributed by atoms with Gasteiger partial charge >= 0.3 is 6.03 Å². The van der Waals surface area contributed by atoms with Gasteiger partial charge in [-0.05, 0) is 25.7 Å². The van der Waals surface area contributed by atoms with Gasteiger partial charge in [0.15, 0.2) is 0 Å². The summed E-state index contributed by atoms with van der Waals surface area (Å²) in [5.41, 5.74) is 0. The van der Waals surface area contributed by atoms with Crippen molar-refractivity contribution >= 4 is 6.03 Å². The van der Waals surface area contributed by atoms with E-state index >= 15 is 0 Å². The van der Waals surface area contributed by atoms with Crippen LogP contribution in [0.1, 0.15) is 39.5 Å². The molecule has 3 nitrogen and oxygen atoms in total. The van der Waals surface area contributed by atoms with Crippen LogP contribution < -0.4 is 5.32 Å². The molecule has 1 aliphatic carbocycles. The lowest BCUT2D eigenvalue weighted by Gasteiger charge is -2.29. The van der Waals surface area contributed by atoms with E-state index < -0.39 is 0 Å². The fourth-order valence-electron chi connectivity index (χ4n) is 1.99. The molecule has 1 aliphatic rings. The molecule has 0 aromatic rings. The van der Waals surface area contributed by atoms with E-state index in [0.29, 0.717) is 6.04 Å². The summed E-state index contributed by atoms with van der Waals surface area (Å²) in [5, 5.41) is 3.09. The van der Waals surface area contributed by atoms with Crippen molar-refractivity contribution < 1.29 is 4.79 Å². The summed E-state index contributed by atoms with van der Waals surface area (Å²) in [6.45, 7) is 5.03. The number of urea groups is 1. The van der Waals surface area contributed by atoms with Crippen molar-refractivity contribution in [3.05, 3.63) is 0 Å². The summed E-state index contributed by atoms with van der Waals surface area (Å²) in [6, 6.07) is 0.479. The number of hydrogen-bond donors (Lipinski definition) is 1. The minimum Gasteiger partial charge on any atom is -0.335 e. The van der Waals surface area contributed by atoms with E-state index in [4.69, 9.17) is 0 Å². The van der Waals surface area contributed by atoms with Crippen molar-refractivity contribution in [3.8, 4) is 0 Å². The van der Waals surface area contributed by atoms with Crippen molar-refractivity contribution in [2.75, 3.05) is 13.6 Å². The van der Waals surface area contributed by atoms with Crippen LogP contribution in [0.4, 0.5) is 4.79 Å². The van der Waals surface area contributed by atoms with Crippen LogP contribution >= 0.6 is 0 Å². The molecule has 14 heavy (non-hydrogen) atoms. The Balaban J connectivity index is 2.32. The number of nitrogens with zero attached hydrogens (tertiary/aromatic N) is 1. The van der Waals surface area contributed by atoms with Crippen molar-refractivity contribution in [1.29, 1.82) is 0 Å². The summed E-state index contributed by atoms with van der Waals surface area (Å²) < 4.78 is 0. The van der Waals surface area contributed by atoms with Crippen LogP contribution in [0.15, 0.2) is 0 Å². The minimum absolute atomic E-state index is 0.0756. The Bertz CT molecular complexity index is 194. The molecule has 0 heterocycles. The second-order valence-electron chi connectivity index (χ2n) is 4.43. The monoisotopic (exact) mass is 198 g/mol. The molecule has 0 radical (unpaired) electrons. The number of hydrogen-bond acceptors (Lipinski definition) is 1. The smallest absolute Gasteiger partial charge is 0.317 e. The van der Waals surface area contributed by atoms with Gasteiger partial charge in [0.25, 0.3) is 0 Å². The van der Waals surface area contributed by atoms with Gasteiger partial charge in [0.1, 0.15) is 0 Å². The summed E-state index contributed by atoms with van der Waals surface area (Å²) in [4.78, 5) is 13.3. The van der Waals surface area contributed by atoms with Gasteiger partial charge < -0.3 is 10.2 Å². The highest BCUT2D eigenvalue weighted by molar-refractivity contribution is 5.74. The lowest BCUT2D eigenvalue weighted by molar-refractivity contribution is 0.199. The Kier molecular flexibility index (Phi) is 4.23. The van der Waals surface area contributed by atoms with Gasteiger partial charge in [0.05, 0.1) is 0 Å². The predicted molar refractivity (Wildman–Crippen MR) is 58.3 cm³/mol. The maximum atomic E-state index is 11.6. The van der Waals surface area contributed by atoms with E-state index in [1.165, 1.54) is 12.8 Å². The number of carbonyl (C=O) groups is 1. The molecule has 2 amide bonds. The highest BCUT2D eigenvalue weighted by Crippen LogP contribution is 2.23. The van der Waals surface area contributed by atoms with Crippen molar-refractivity contribution in [2.24, 2.45) is 5.92 Å².